The molecule has 0 spiro atoms. The molecule has 150 valence electrons. The molecule has 2 heterocycles. The van der Waals surface area contributed by atoms with E-state index in [9.17, 15) is 19.1 Å². The number of nitrogens with zero attached hydrogens (tertiary/aromatic N) is 2. The van der Waals surface area contributed by atoms with Crippen LogP contribution < -0.4 is 55.5 Å². The smallest absolute Gasteiger partial charge is 0.545 e. The molecule has 2 N–H and O–H groups in total. The van der Waals surface area contributed by atoms with Crippen molar-refractivity contribution >= 4 is 22.6 Å². The van der Waals surface area contributed by atoms with Gasteiger partial charge in [-0.3, -0.25) is 4.79 Å². The molecule has 2 aliphatic rings. The standard InChI is InChI=1S/C20H24FN3O4.Na/c1-10-5-6-23(9-14(10)22)15-4-3-11-17(19(15)28-2)24(16-7-13(16)21)8-12(18(11)25)20(26)27;/h3-4,8,10,13-14,16H,5-7,9,22H2,1-2H3,(H,26,27);/q;+1/p-1/t10-,13+,14-,16-;/m1./s1. The molecule has 1 saturated carbocycles. The molecule has 2 fully saturated rings. The van der Waals surface area contributed by atoms with Crippen molar-refractivity contribution in [2.45, 2.75) is 38.0 Å². The number of carbonyl (C=O) groups is 1. The normalized spacial score (nSPS) is 26.1. The Balaban J connectivity index is 0.00000240. The molecule has 0 bridgehead atoms. The van der Waals surface area contributed by atoms with Gasteiger partial charge in [-0.05, 0) is 24.5 Å². The first-order valence-electron chi connectivity index (χ1n) is 9.45. The number of fused-ring (bicyclic) bond motifs is 1. The number of hydrogen-bond donors (Lipinski definition) is 1. The van der Waals surface area contributed by atoms with E-state index in [1.165, 1.54) is 17.9 Å². The fourth-order valence-corrected chi connectivity index (χ4v) is 4.02. The molecule has 0 amide bonds. The molecular weight excluding hydrogens is 388 g/mol. The molecule has 1 saturated heterocycles. The fourth-order valence-electron chi connectivity index (χ4n) is 4.02. The van der Waals surface area contributed by atoms with E-state index < -0.39 is 29.2 Å². The zero-order valence-electron chi connectivity index (χ0n) is 16.9. The van der Waals surface area contributed by atoms with Crippen LogP contribution in [-0.4, -0.2) is 42.9 Å². The van der Waals surface area contributed by atoms with E-state index in [4.69, 9.17) is 10.5 Å². The van der Waals surface area contributed by atoms with Gasteiger partial charge in [0, 0.05) is 31.7 Å². The molecule has 9 heteroatoms. The summed E-state index contributed by atoms with van der Waals surface area (Å²) in [6.45, 7) is 3.54. The van der Waals surface area contributed by atoms with Crippen LogP contribution in [0.15, 0.2) is 23.1 Å². The van der Waals surface area contributed by atoms with E-state index >= 15 is 0 Å². The monoisotopic (exact) mass is 411 g/mol. The number of carboxylic acid groups (broad SMARTS) is 1. The number of methoxy groups -OCH3 is 1. The van der Waals surface area contributed by atoms with Crippen molar-refractivity contribution in [1.29, 1.82) is 0 Å². The Kier molecular flexibility index (Phi) is 6.29. The van der Waals surface area contributed by atoms with Crippen molar-refractivity contribution < 1.29 is 48.6 Å². The number of carboxylic acids is 1. The van der Waals surface area contributed by atoms with Gasteiger partial charge < -0.3 is 29.8 Å². The maximum Gasteiger partial charge on any atom is 1.00 e. The largest absolute Gasteiger partial charge is 1.00 e. The molecule has 1 aliphatic heterocycles. The second kappa shape index (κ2) is 8.26. The third-order valence-electron chi connectivity index (χ3n) is 5.95. The van der Waals surface area contributed by atoms with Gasteiger partial charge in [0.1, 0.15) is 6.17 Å². The third-order valence-corrected chi connectivity index (χ3v) is 5.95. The average molecular weight is 411 g/mol. The average Bonchev–Trinajstić information content (AvgIpc) is 3.39. The second-order valence-electron chi connectivity index (χ2n) is 7.78. The first kappa shape index (κ1) is 22.1. The van der Waals surface area contributed by atoms with Crippen LogP contribution >= 0.6 is 0 Å². The Hall–Kier alpha value is -1.61. The van der Waals surface area contributed by atoms with E-state index in [-0.39, 0.29) is 47.4 Å². The summed E-state index contributed by atoms with van der Waals surface area (Å²) >= 11 is 0. The number of hydrogen-bond acceptors (Lipinski definition) is 6. The Bertz CT molecular complexity index is 1010. The van der Waals surface area contributed by atoms with Crippen LogP contribution in [0.1, 0.15) is 36.2 Å². The van der Waals surface area contributed by atoms with Gasteiger partial charge in [0.15, 0.2) is 11.2 Å². The summed E-state index contributed by atoms with van der Waals surface area (Å²) in [5.41, 5.74) is 6.28. The van der Waals surface area contributed by atoms with E-state index in [2.05, 4.69) is 11.8 Å². The molecule has 7 nitrogen and oxygen atoms in total. The molecule has 4 atom stereocenters. The van der Waals surface area contributed by atoms with Crippen LogP contribution in [0.3, 0.4) is 0 Å². The predicted molar refractivity (Wildman–Crippen MR) is 102 cm³/mol. The molecule has 1 aliphatic carbocycles. The van der Waals surface area contributed by atoms with Crippen LogP contribution in [-0.2, 0) is 0 Å². The van der Waals surface area contributed by atoms with Gasteiger partial charge >= 0.3 is 29.6 Å². The number of rotatable bonds is 4. The third kappa shape index (κ3) is 3.79. The number of aromatic nitrogens is 1. The molecule has 0 radical (unpaired) electrons. The molecular formula is C20H23FN3NaO4. The van der Waals surface area contributed by atoms with Gasteiger partial charge in [0.05, 0.1) is 41.3 Å². The molecule has 0 unspecified atom stereocenters. The van der Waals surface area contributed by atoms with Gasteiger partial charge in [-0.15, -0.1) is 0 Å². The number of nitrogens with two attached hydrogens (primary N) is 1. The second-order valence-corrected chi connectivity index (χ2v) is 7.78. The van der Waals surface area contributed by atoms with Crippen LogP contribution in [0.2, 0.25) is 0 Å². The minimum Gasteiger partial charge on any atom is -0.545 e. The first-order chi connectivity index (χ1) is 13.3. The maximum atomic E-state index is 13.9. The zero-order valence-corrected chi connectivity index (χ0v) is 18.9. The summed E-state index contributed by atoms with van der Waals surface area (Å²) in [5.74, 6) is -0.735. The minimum atomic E-state index is -1.57. The van der Waals surface area contributed by atoms with Crippen molar-refractivity contribution in [3.8, 4) is 5.75 Å². The first-order valence-corrected chi connectivity index (χ1v) is 9.45. The number of alkyl halides is 1. The summed E-state index contributed by atoms with van der Waals surface area (Å²) in [5, 5.41) is 11.6. The number of halogens is 1. The van der Waals surface area contributed by atoms with Crippen molar-refractivity contribution in [1.82, 2.24) is 4.57 Å². The number of anilines is 1. The van der Waals surface area contributed by atoms with Crippen molar-refractivity contribution in [3.63, 3.8) is 0 Å². The summed E-state index contributed by atoms with van der Waals surface area (Å²) in [7, 11) is 1.49. The molecule has 1 aromatic carbocycles. The number of benzene rings is 1. The molecule has 1 aromatic heterocycles. The molecule has 4 rings (SSSR count). The number of pyridine rings is 1. The predicted octanol–water partition coefficient (Wildman–Crippen LogP) is -2.17. The quantitative estimate of drug-likeness (QED) is 0.575. The summed E-state index contributed by atoms with van der Waals surface area (Å²) in [6.07, 6.45) is 1.29. The summed E-state index contributed by atoms with van der Waals surface area (Å²) in [4.78, 5) is 26.2. The molecule has 2 aromatic rings. The maximum absolute atomic E-state index is 13.9. The number of carbonyl (C=O) groups excluding carboxylic acids is 1. The van der Waals surface area contributed by atoms with Crippen LogP contribution in [0.25, 0.3) is 10.9 Å². The topological polar surface area (TPSA) is 101 Å². The Morgan fingerprint density at radius 2 is 2.07 bits per heavy atom. The van der Waals surface area contributed by atoms with Gasteiger partial charge in [0.25, 0.3) is 0 Å². The van der Waals surface area contributed by atoms with Crippen LogP contribution in [0.5, 0.6) is 5.75 Å². The SMILES string of the molecule is COc1c(N2CC[C@@H](C)[C@H](N)C2)ccc2c(=O)c(C(=O)[O-])cn([C@@H]3C[C@@H]3F)c12.[Na+]. The van der Waals surface area contributed by atoms with E-state index in [1.54, 1.807) is 12.1 Å². The van der Waals surface area contributed by atoms with Gasteiger partial charge in [-0.1, -0.05) is 6.92 Å². The van der Waals surface area contributed by atoms with Crippen LogP contribution in [0, 0.1) is 5.92 Å². The van der Waals surface area contributed by atoms with Crippen LogP contribution in [0.4, 0.5) is 10.1 Å². The number of piperidine rings is 1. The zero-order chi connectivity index (χ0) is 20.2. The van der Waals surface area contributed by atoms with E-state index in [1.807, 2.05) is 0 Å². The Labute approximate surface area is 189 Å². The number of ether oxygens (including phenoxy) is 1. The Morgan fingerprint density at radius 3 is 2.62 bits per heavy atom. The minimum absolute atomic E-state index is 0. The van der Waals surface area contributed by atoms with Crippen molar-refractivity contribution in [3.05, 3.63) is 34.1 Å². The van der Waals surface area contributed by atoms with E-state index in [0.29, 0.717) is 23.7 Å². The van der Waals surface area contributed by atoms with Crippen molar-refractivity contribution in [2.24, 2.45) is 11.7 Å². The van der Waals surface area contributed by atoms with Crippen molar-refractivity contribution in [2.75, 3.05) is 25.1 Å². The summed E-state index contributed by atoms with van der Waals surface area (Å²) in [6, 6.07) is 2.82. The summed E-state index contributed by atoms with van der Waals surface area (Å²) < 4.78 is 21.0. The van der Waals surface area contributed by atoms with Gasteiger partial charge in [-0.2, -0.15) is 0 Å². The van der Waals surface area contributed by atoms with Gasteiger partial charge in [0.2, 0.25) is 0 Å². The molecule has 29 heavy (non-hydrogen) atoms. The van der Waals surface area contributed by atoms with Gasteiger partial charge in [-0.25, -0.2) is 4.39 Å². The van der Waals surface area contributed by atoms with E-state index in [0.717, 1.165) is 18.7 Å². The Morgan fingerprint density at radius 1 is 1.38 bits per heavy atom. The fraction of sp³-hybridized carbons (Fsp3) is 0.500. The number of aromatic carboxylic acids is 1.